The second-order valence-electron chi connectivity index (χ2n) is 6.53. The summed E-state index contributed by atoms with van der Waals surface area (Å²) in [6.07, 6.45) is 4.65. The smallest absolute Gasteiger partial charge is 0.251 e. The van der Waals surface area contributed by atoms with Gasteiger partial charge in [-0.25, -0.2) is 4.39 Å². The maximum atomic E-state index is 13.1. The molecule has 1 aliphatic heterocycles. The molecule has 2 fully saturated rings. The third-order valence-electron chi connectivity index (χ3n) is 4.97. The van der Waals surface area contributed by atoms with Gasteiger partial charge in [-0.3, -0.25) is 14.3 Å². The summed E-state index contributed by atoms with van der Waals surface area (Å²) in [5, 5.41) is 4.14. The number of hydrogen-bond acceptors (Lipinski definition) is 3. The number of carbonyl (C=O) groups is 2. The minimum atomic E-state index is -0.512. The average Bonchev–Trinajstić information content (AvgIpc) is 3.18. The highest BCUT2D eigenvalue weighted by atomic mass is 19.1. The van der Waals surface area contributed by atoms with Crippen LogP contribution in [0.1, 0.15) is 34.8 Å². The Morgan fingerprint density at radius 3 is 2.42 bits per heavy atom. The van der Waals surface area contributed by atoms with Gasteiger partial charge in [-0.2, -0.15) is 5.10 Å². The van der Waals surface area contributed by atoms with Crippen LogP contribution in [0.15, 0.2) is 36.7 Å². The van der Waals surface area contributed by atoms with E-state index in [1.54, 1.807) is 27.9 Å². The summed E-state index contributed by atoms with van der Waals surface area (Å²) in [5.41, 5.74) is 5.98. The Labute approximate surface area is 138 Å². The Morgan fingerprint density at radius 2 is 1.88 bits per heavy atom. The molecule has 4 rings (SSSR count). The molecule has 0 atom stereocenters. The van der Waals surface area contributed by atoms with Crippen LogP contribution in [-0.4, -0.2) is 39.6 Å². The molecule has 24 heavy (non-hydrogen) atoms. The van der Waals surface area contributed by atoms with Crippen molar-refractivity contribution in [2.24, 2.45) is 5.73 Å². The predicted molar refractivity (Wildman–Crippen MR) is 83.7 cm³/mol. The van der Waals surface area contributed by atoms with Gasteiger partial charge in [-0.15, -0.1) is 0 Å². The van der Waals surface area contributed by atoms with Crippen LogP contribution in [0.5, 0.6) is 0 Å². The SMILES string of the molecule is NC(=O)c1cnn(C2CN(C(=O)C3(c4ccc(F)cc4)CC3)C2)c1. The topological polar surface area (TPSA) is 81.2 Å². The van der Waals surface area contributed by atoms with Crippen LogP contribution >= 0.6 is 0 Å². The first-order valence-electron chi connectivity index (χ1n) is 7.89. The van der Waals surface area contributed by atoms with Gasteiger partial charge < -0.3 is 10.6 Å². The zero-order chi connectivity index (χ0) is 16.9. The highest BCUT2D eigenvalue weighted by molar-refractivity contribution is 5.92. The van der Waals surface area contributed by atoms with E-state index in [-0.39, 0.29) is 17.8 Å². The van der Waals surface area contributed by atoms with Crippen molar-refractivity contribution in [3.63, 3.8) is 0 Å². The van der Waals surface area contributed by atoms with Gasteiger partial charge in [0.2, 0.25) is 5.91 Å². The maximum absolute atomic E-state index is 13.1. The fourth-order valence-electron chi connectivity index (χ4n) is 3.28. The lowest BCUT2D eigenvalue weighted by atomic mass is 9.92. The van der Waals surface area contributed by atoms with E-state index in [9.17, 15) is 14.0 Å². The van der Waals surface area contributed by atoms with Crippen molar-refractivity contribution in [2.45, 2.75) is 24.3 Å². The van der Waals surface area contributed by atoms with Crippen molar-refractivity contribution >= 4 is 11.8 Å². The van der Waals surface area contributed by atoms with Gasteiger partial charge >= 0.3 is 0 Å². The molecular weight excluding hydrogens is 311 g/mol. The summed E-state index contributed by atoms with van der Waals surface area (Å²) in [7, 11) is 0. The van der Waals surface area contributed by atoms with Crippen LogP contribution in [-0.2, 0) is 10.2 Å². The second-order valence-corrected chi connectivity index (χ2v) is 6.53. The number of rotatable bonds is 4. The van der Waals surface area contributed by atoms with Gasteiger partial charge in [0.05, 0.1) is 23.2 Å². The van der Waals surface area contributed by atoms with Crippen molar-refractivity contribution in [3.8, 4) is 0 Å². The molecule has 2 amide bonds. The fraction of sp³-hybridized carbons (Fsp3) is 0.353. The Morgan fingerprint density at radius 1 is 1.21 bits per heavy atom. The van der Waals surface area contributed by atoms with Crippen molar-refractivity contribution in [1.29, 1.82) is 0 Å². The van der Waals surface area contributed by atoms with E-state index in [1.165, 1.54) is 18.3 Å². The lowest BCUT2D eigenvalue weighted by molar-refractivity contribution is -0.140. The molecule has 124 valence electrons. The molecule has 2 N–H and O–H groups in total. The van der Waals surface area contributed by atoms with Crippen molar-refractivity contribution < 1.29 is 14.0 Å². The minimum Gasteiger partial charge on any atom is -0.366 e. The Balaban J connectivity index is 1.44. The summed E-state index contributed by atoms with van der Waals surface area (Å²) in [5.74, 6) is -0.718. The third-order valence-corrected chi connectivity index (χ3v) is 4.97. The fourth-order valence-corrected chi connectivity index (χ4v) is 3.28. The number of nitrogens with two attached hydrogens (primary N) is 1. The maximum Gasteiger partial charge on any atom is 0.251 e. The van der Waals surface area contributed by atoms with Gasteiger partial charge in [0, 0.05) is 19.3 Å². The number of amides is 2. The van der Waals surface area contributed by atoms with Gasteiger partial charge in [0.15, 0.2) is 0 Å². The molecule has 2 aliphatic rings. The molecule has 6 nitrogen and oxygen atoms in total. The van der Waals surface area contributed by atoms with Crippen molar-refractivity contribution in [3.05, 3.63) is 53.6 Å². The third kappa shape index (κ3) is 2.28. The highest BCUT2D eigenvalue weighted by Gasteiger charge is 2.54. The van der Waals surface area contributed by atoms with Crippen LogP contribution < -0.4 is 5.73 Å². The van der Waals surface area contributed by atoms with E-state index in [2.05, 4.69) is 5.10 Å². The Bertz CT molecular complexity index is 804. The molecule has 1 aliphatic carbocycles. The first-order valence-corrected chi connectivity index (χ1v) is 7.89. The van der Waals surface area contributed by atoms with Crippen molar-refractivity contribution in [2.75, 3.05) is 13.1 Å². The van der Waals surface area contributed by atoms with Crippen LogP contribution in [0.3, 0.4) is 0 Å². The zero-order valence-corrected chi connectivity index (χ0v) is 13.0. The monoisotopic (exact) mass is 328 g/mol. The lowest BCUT2D eigenvalue weighted by Crippen LogP contribution is -2.54. The predicted octanol–water partition coefficient (Wildman–Crippen LogP) is 1.24. The normalized spacial score (nSPS) is 19.0. The molecule has 7 heteroatoms. The molecule has 1 saturated heterocycles. The standard InChI is InChI=1S/C17H17FN4O2/c18-13-3-1-12(2-4-13)17(5-6-17)16(24)21-9-14(10-21)22-8-11(7-20-22)15(19)23/h1-4,7-8,14H,5-6,9-10H2,(H2,19,23). The molecule has 2 aromatic rings. The number of aromatic nitrogens is 2. The molecule has 0 spiro atoms. The summed E-state index contributed by atoms with van der Waals surface area (Å²) in [4.78, 5) is 25.7. The van der Waals surface area contributed by atoms with E-state index in [0.717, 1.165) is 18.4 Å². The summed E-state index contributed by atoms with van der Waals surface area (Å²) in [6.45, 7) is 1.11. The first-order chi connectivity index (χ1) is 11.5. The summed E-state index contributed by atoms with van der Waals surface area (Å²) >= 11 is 0. The van der Waals surface area contributed by atoms with Crippen LogP contribution in [0, 0.1) is 5.82 Å². The number of nitrogens with zero attached hydrogens (tertiary/aromatic N) is 3. The largest absolute Gasteiger partial charge is 0.366 e. The quantitative estimate of drug-likeness (QED) is 0.917. The van der Waals surface area contributed by atoms with Crippen LogP contribution in [0.4, 0.5) is 4.39 Å². The number of carbonyl (C=O) groups excluding carboxylic acids is 2. The van der Waals surface area contributed by atoms with Crippen LogP contribution in [0.2, 0.25) is 0 Å². The van der Waals surface area contributed by atoms with E-state index < -0.39 is 11.3 Å². The summed E-state index contributed by atoms with van der Waals surface area (Å²) < 4.78 is 14.8. The second kappa shape index (κ2) is 5.15. The van der Waals surface area contributed by atoms with E-state index in [4.69, 9.17) is 5.73 Å². The molecule has 1 aromatic carbocycles. The lowest BCUT2D eigenvalue weighted by Gasteiger charge is -2.41. The molecule has 1 saturated carbocycles. The first kappa shape index (κ1) is 14.9. The number of halogens is 1. The molecule has 1 aromatic heterocycles. The van der Waals surface area contributed by atoms with Crippen molar-refractivity contribution in [1.82, 2.24) is 14.7 Å². The van der Waals surface area contributed by atoms with Gasteiger partial charge in [0.25, 0.3) is 5.91 Å². The molecule has 0 bridgehead atoms. The number of likely N-dealkylation sites (tertiary alicyclic amines) is 1. The summed E-state index contributed by atoms with van der Waals surface area (Å²) in [6, 6.07) is 6.26. The number of benzene rings is 1. The molecule has 0 radical (unpaired) electrons. The Kier molecular flexibility index (Phi) is 3.19. The Hall–Kier alpha value is -2.70. The zero-order valence-electron chi connectivity index (χ0n) is 13.0. The molecule has 2 heterocycles. The number of primary amides is 1. The number of hydrogen-bond donors (Lipinski definition) is 1. The minimum absolute atomic E-state index is 0.0612. The van der Waals surface area contributed by atoms with E-state index in [0.29, 0.717) is 18.7 Å². The van der Waals surface area contributed by atoms with E-state index in [1.807, 2.05) is 0 Å². The van der Waals surface area contributed by atoms with Crippen LogP contribution in [0.25, 0.3) is 0 Å². The average molecular weight is 328 g/mol. The van der Waals surface area contributed by atoms with Gasteiger partial charge in [-0.05, 0) is 30.5 Å². The molecular formula is C17H17FN4O2. The highest BCUT2D eigenvalue weighted by Crippen LogP contribution is 2.50. The van der Waals surface area contributed by atoms with Gasteiger partial charge in [-0.1, -0.05) is 12.1 Å². The molecule has 0 unspecified atom stereocenters. The van der Waals surface area contributed by atoms with E-state index >= 15 is 0 Å². The van der Waals surface area contributed by atoms with Gasteiger partial charge in [0.1, 0.15) is 5.82 Å².